The Labute approximate surface area is 155 Å². The van der Waals surface area contributed by atoms with Gasteiger partial charge in [0.15, 0.2) is 5.96 Å². The molecule has 4 nitrogen and oxygen atoms in total. The molecule has 126 valence electrons. The van der Waals surface area contributed by atoms with E-state index in [1.807, 2.05) is 7.05 Å². The number of nitrogens with zero attached hydrogens (tertiary/aromatic N) is 2. The summed E-state index contributed by atoms with van der Waals surface area (Å²) in [4.78, 5) is 4.36. The highest BCUT2D eigenvalue weighted by molar-refractivity contribution is 14.0. The van der Waals surface area contributed by atoms with Crippen molar-refractivity contribution in [3.63, 3.8) is 0 Å². The Morgan fingerprint density at radius 2 is 2.27 bits per heavy atom. The van der Waals surface area contributed by atoms with Gasteiger partial charge in [-0.05, 0) is 37.1 Å². The van der Waals surface area contributed by atoms with Crippen molar-refractivity contribution in [3.8, 4) is 0 Å². The minimum absolute atomic E-state index is 0. The summed E-state index contributed by atoms with van der Waals surface area (Å²) in [6, 6.07) is 4.76. The number of nitrogens with one attached hydrogen (secondary N) is 2. The molecule has 1 aliphatic carbocycles. The fourth-order valence-electron chi connectivity index (χ4n) is 2.91. The second-order valence-electron chi connectivity index (χ2n) is 5.62. The summed E-state index contributed by atoms with van der Waals surface area (Å²) in [5.41, 5.74) is 1.26. The maximum atomic E-state index is 4.36. The summed E-state index contributed by atoms with van der Waals surface area (Å²) >= 11 is 2.10. The van der Waals surface area contributed by atoms with Crippen LogP contribution in [-0.4, -0.2) is 34.6 Å². The van der Waals surface area contributed by atoms with Crippen molar-refractivity contribution in [2.45, 2.75) is 50.4 Å². The van der Waals surface area contributed by atoms with Gasteiger partial charge in [0.1, 0.15) is 0 Å². The van der Waals surface area contributed by atoms with Gasteiger partial charge in [0.25, 0.3) is 0 Å². The van der Waals surface area contributed by atoms with Crippen LogP contribution in [0.3, 0.4) is 0 Å². The van der Waals surface area contributed by atoms with Crippen LogP contribution in [0.25, 0.3) is 0 Å². The van der Waals surface area contributed by atoms with Crippen LogP contribution in [0.5, 0.6) is 0 Å². The molecule has 0 radical (unpaired) electrons. The summed E-state index contributed by atoms with van der Waals surface area (Å²) in [5, 5.41) is 7.82. The van der Waals surface area contributed by atoms with Crippen molar-refractivity contribution in [2.75, 3.05) is 12.8 Å². The van der Waals surface area contributed by atoms with Crippen LogP contribution in [0.15, 0.2) is 23.3 Å². The van der Waals surface area contributed by atoms with Gasteiger partial charge in [0.2, 0.25) is 0 Å². The molecule has 1 saturated carbocycles. The average Bonchev–Trinajstić information content (AvgIpc) is 2.89. The lowest BCUT2D eigenvalue weighted by Crippen LogP contribution is -2.45. The second kappa shape index (κ2) is 10.4. The molecular formula is C16H29IN4S. The van der Waals surface area contributed by atoms with Crippen molar-refractivity contribution >= 4 is 41.7 Å². The zero-order chi connectivity index (χ0) is 15.1. The molecule has 0 saturated heterocycles. The molecule has 1 fully saturated rings. The van der Waals surface area contributed by atoms with E-state index in [0.29, 0.717) is 6.04 Å². The van der Waals surface area contributed by atoms with Crippen LogP contribution in [-0.2, 0) is 13.6 Å². The van der Waals surface area contributed by atoms with E-state index in [2.05, 4.69) is 64.3 Å². The van der Waals surface area contributed by atoms with Gasteiger partial charge in [-0.2, -0.15) is 11.8 Å². The molecule has 1 heterocycles. The number of guanidine groups is 1. The van der Waals surface area contributed by atoms with Gasteiger partial charge >= 0.3 is 0 Å². The first kappa shape index (κ1) is 19.7. The highest BCUT2D eigenvalue weighted by atomic mass is 127. The van der Waals surface area contributed by atoms with E-state index in [0.717, 1.165) is 17.8 Å². The zero-order valence-corrected chi connectivity index (χ0v) is 17.0. The molecule has 0 bridgehead atoms. The van der Waals surface area contributed by atoms with E-state index in [9.17, 15) is 0 Å². The van der Waals surface area contributed by atoms with Gasteiger partial charge in [-0.25, -0.2) is 0 Å². The minimum atomic E-state index is 0. The Morgan fingerprint density at radius 3 is 2.91 bits per heavy atom. The summed E-state index contributed by atoms with van der Waals surface area (Å²) in [5.74, 6) is 2.14. The van der Waals surface area contributed by atoms with Crippen LogP contribution in [0.4, 0.5) is 0 Å². The third-order valence-corrected chi connectivity index (χ3v) is 5.31. The maximum Gasteiger partial charge on any atom is 0.191 e. The fourth-order valence-corrected chi connectivity index (χ4v) is 4.08. The van der Waals surface area contributed by atoms with Crippen molar-refractivity contribution in [1.29, 1.82) is 0 Å². The van der Waals surface area contributed by atoms with Crippen molar-refractivity contribution in [2.24, 2.45) is 12.0 Å². The Hall–Kier alpha value is -0.370. The monoisotopic (exact) mass is 436 g/mol. The third kappa shape index (κ3) is 6.02. The summed E-state index contributed by atoms with van der Waals surface area (Å²) in [7, 11) is 3.92. The van der Waals surface area contributed by atoms with Gasteiger partial charge in [-0.3, -0.25) is 4.99 Å². The Kier molecular flexibility index (Phi) is 9.31. The van der Waals surface area contributed by atoms with Crippen LogP contribution in [0.2, 0.25) is 0 Å². The molecule has 2 unspecified atom stereocenters. The van der Waals surface area contributed by atoms with Crippen molar-refractivity contribution in [3.05, 3.63) is 24.0 Å². The van der Waals surface area contributed by atoms with Crippen LogP contribution >= 0.6 is 35.7 Å². The number of hydrogen-bond donors (Lipinski definition) is 2. The van der Waals surface area contributed by atoms with Gasteiger partial charge in [-0.15, -0.1) is 24.0 Å². The van der Waals surface area contributed by atoms with E-state index in [4.69, 9.17) is 0 Å². The van der Waals surface area contributed by atoms with E-state index >= 15 is 0 Å². The summed E-state index contributed by atoms with van der Waals surface area (Å²) in [6.07, 6.45) is 7.27. The lowest BCUT2D eigenvalue weighted by Gasteiger charge is -2.30. The Morgan fingerprint density at radius 1 is 1.45 bits per heavy atom. The van der Waals surface area contributed by atoms with Gasteiger partial charge in [0, 0.05) is 37.3 Å². The van der Waals surface area contributed by atoms with Crippen molar-refractivity contribution < 1.29 is 0 Å². The average molecular weight is 436 g/mol. The molecule has 0 amide bonds. The Balaban J connectivity index is 0.00000242. The maximum absolute atomic E-state index is 4.36. The van der Waals surface area contributed by atoms with Gasteiger partial charge in [-0.1, -0.05) is 13.3 Å². The Bertz CT molecular complexity index is 459. The predicted molar refractivity (Wildman–Crippen MR) is 108 cm³/mol. The number of thioether (sulfide) groups is 1. The van der Waals surface area contributed by atoms with Gasteiger partial charge < -0.3 is 15.2 Å². The molecule has 1 aliphatic rings. The summed E-state index contributed by atoms with van der Waals surface area (Å²) in [6.45, 7) is 3.06. The van der Waals surface area contributed by atoms with Gasteiger partial charge in [0.05, 0.1) is 6.54 Å². The molecule has 2 N–H and O–H groups in total. The molecule has 2 atom stereocenters. The van der Waals surface area contributed by atoms with E-state index < -0.39 is 0 Å². The fraction of sp³-hybridized carbons (Fsp3) is 0.688. The first-order valence-corrected chi connectivity index (χ1v) is 8.96. The SMILES string of the molecule is CCSC1CCCC(NC(=NC)NCc2cccn2C)C1.I. The largest absolute Gasteiger partial charge is 0.354 e. The third-order valence-electron chi connectivity index (χ3n) is 4.08. The smallest absolute Gasteiger partial charge is 0.191 e. The molecule has 2 rings (SSSR count). The lowest BCUT2D eigenvalue weighted by atomic mass is 9.95. The molecule has 0 spiro atoms. The zero-order valence-electron chi connectivity index (χ0n) is 13.8. The molecule has 1 aromatic heterocycles. The molecule has 0 aromatic carbocycles. The lowest BCUT2D eigenvalue weighted by molar-refractivity contribution is 0.418. The molecule has 22 heavy (non-hydrogen) atoms. The molecular weight excluding hydrogens is 407 g/mol. The standard InChI is InChI=1S/C16H28N4S.HI/c1-4-21-15-9-5-7-13(11-15)19-16(17-2)18-12-14-8-6-10-20(14)3;/h6,8,10,13,15H,4-5,7,9,11-12H2,1-3H3,(H2,17,18,19);1H. The number of aliphatic imine (C=N–C) groups is 1. The number of rotatable bonds is 5. The highest BCUT2D eigenvalue weighted by Gasteiger charge is 2.22. The van der Waals surface area contributed by atoms with Crippen LogP contribution < -0.4 is 10.6 Å². The predicted octanol–water partition coefficient (Wildman–Crippen LogP) is 3.37. The van der Waals surface area contributed by atoms with E-state index in [1.165, 1.54) is 37.1 Å². The quantitative estimate of drug-likeness (QED) is 0.423. The van der Waals surface area contributed by atoms with Crippen LogP contribution in [0, 0.1) is 0 Å². The van der Waals surface area contributed by atoms with E-state index in [1.54, 1.807) is 0 Å². The number of halogens is 1. The first-order valence-electron chi connectivity index (χ1n) is 7.92. The molecule has 6 heteroatoms. The van der Waals surface area contributed by atoms with Crippen molar-refractivity contribution in [1.82, 2.24) is 15.2 Å². The second-order valence-corrected chi connectivity index (χ2v) is 7.20. The topological polar surface area (TPSA) is 41.4 Å². The summed E-state index contributed by atoms with van der Waals surface area (Å²) < 4.78 is 2.13. The minimum Gasteiger partial charge on any atom is -0.354 e. The number of aromatic nitrogens is 1. The van der Waals surface area contributed by atoms with Crippen LogP contribution in [0.1, 0.15) is 38.3 Å². The highest BCUT2D eigenvalue weighted by Crippen LogP contribution is 2.28. The molecule has 1 aromatic rings. The molecule has 0 aliphatic heterocycles. The number of aryl methyl sites for hydroxylation is 1. The first-order chi connectivity index (χ1) is 10.2. The number of hydrogen-bond acceptors (Lipinski definition) is 2. The normalized spacial score (nSPS) is 22.0. The van der Waals surface area contributed by atoms with E-state index in [-0.39, 0.29) is 24.0 Å².